The Bertz CT molecular complexity index is 1170. The molecule has 0 atom stereocenters. The van der Waals surface area contributed by atoms with Gasteiger partial charge in [-0.15, -0.1) is 0 Å². The van der Waals surface area contributed by atoms with Gasteiger partial charge in [-0.2, -0.15) is 0 Å². The van der Waals surface area contributed by atoms with E-state index in [4.69, 9.17) is 0 Å². The quantitative estimate of drug-likeness (QED) is 0.183. The number of rotatable bonds is 6. The van der Waals surface area contributed by atoms with Crippen LogP contribution in [0.3, 0.4) is 0 Å². The van der Waals surface area contributed by atoms with Crippen molar-refractivity contribution in [3.8, 4) is 0 Å². The Kier molecular flexibility index (Phi) is 16.3. The van der Waals surface area contributed by atoms with Gasteiger partial charge in [0.25, 0.3) is 0 Å². The van der Waals surface area contributed by atoms with Crippen LogP contribution in [-0.2, 0) is 0 Å². The summed E-state index contributed by atoms with van der Waals surface area (Å²) in [5, 5.41) is 23.5. The van der Waals surface area contributed by atoms with E-state index in [0.29, 0.717) is 22.3 Å². The van der Waals surface area contributed by atoms with Crippen molar-refractivity contribution in [1.29, 1.82) is 0 Å². The Labute approximate surface area is 248 Å². The van der Waals surface area contributed by atoms with E-state index in [1.165, 1.54) is 0 Å². The maximum atomic E-state index is 11.8. The standard InChI is InChI=1S/2C15H12O2.Nd.2H2O/c2*16-14(12-7-3-1-4-8-12)11-15(17)13-9-5-2-6-10-13;;;/h2*1-11,16H;;2*1H2/q;;+3;;/p-3/b2*14-11-;;;. The molecule has 0 amide bonds. The van der Waals surface area contributed by atoms with Gasteiger partial charge in [-0.3, -0.25) is 9.59 Å². The zero-order chi connectivity index (χ0) is 24.2. The molecule has 0 saturated carbocycles. The monoisotopic (exact) mass is 623 g/mol. The maximum Gasteiger partial charge on any atom is 3.00 e. The molecule has 0 aromatic heterocycles. The van der Waals surface area contributed by atoms with Crippen LogP contribution in [0.15, 0.2) is 133 Å². The van der Waals surface area contributed by atoms with E-state index in [1.54, 1.807) is 97.1 Å². The van der Waals surface area contributed by atoms with Crippen LogP contribution in [0.25, 0.3) is 11.5 Å². The molecule has 0 fully saturated rings. The van der Waals surface area contributed by atoms with Crippen LogP contribution in [0.1, 0.15) is 31.8 Å². The Morgan fingerprint density at radius 3 is 0.919 bits per heavy atom. The Hall–Kier alpha value is -3.43. The van der Waals surface area contributed by atoms with Gasteiger partial charge in [-0.05, 0) is 23.3 Å². The Balaban J connectivity index is 0.000000648. The molecule has 6 nitrogen and oxygen atoms in total. The first kappa shape index (κ1) is 33.6. The summed E-state index contributed by atoms with van der Waals surface area (Å²) in [6.07, 6.45) is 2.26. The van der Waals surface area contributed by atoms with Gasteiger partial charge < -0.3 is 21.2 Å². The van der Waals surface area contributed by atoms with E-state index >= 15 is 0 Å². The third-order valence-electron chi connectivity index (χ3n) is 4.76. The minimum absolute atomic E-state index is 0. The first-order valence-corrected chi connectivity index (χ1v) is 10.6. The summed E-state index contributed by atoms with van der Waals surface area (Å²) in [5.74, 6) is -1.06. The first-order chi connectivity index (χ1) is 16.5. The molecule has 0 aliphatic rings. The number of benzene rings is 4. The van der Waals surface area contributed by atoms with Gasteiger partial charge in [0, 0.05) is 11.1 Å². The molecule has 4 rings (SSSR count). The van der Waals surface area contributed by atoms with Crippen LogP contribution >= 0.6 is 0 Å². The smallest absolute Gasteiger partial charge is 0.872 e. The number of hydrogen-bond acceptors (Lipinski definition) is 5. The summed E-state index contributed by atoms with van der Waals surface area (Å²) in [7, 11) is 0. The van der Waals surface area contributed by atoms with Gasteiger partial charge in [-0.1, -0.05) is 133 Å². The van der Waals surface area contributed by atoms with Crippen molar-refractivity contribution in [2.45, 2.75) is 0 Å². The van der Waals surface area contributed by atoms with Crippen molar-refractivity contribution in [3.05, 3.63) is 156 Å². The van der Waals surface area contributed by atoms with Gasteiger partial charge >= 0.3 is 40.8 Å². The van der Waals surface area contributed by atoms with Crippen molar-refractivity contribution in [2.75, 3.05) is 0 Å². The van der Waals surface area contributed by atoms with Gasteiger partial charge in [-0.25, -0.2) is 0 Å². The van der Waals surface area contributed by atoms with Crippen molar-refractivity contribution in [1.82, 2.24) is 0 Å². The average Bonchev–Trinajstić information content (AvgIpc) is 2.91. The molecule has 0 saturated heterocycles. The van der Waals surface area contributed by atoms with Crippen molar-refractivity contribution >= 4 is 23.1 Å². The minimum atomic E-state index is -0.264. The fraction of sp³-hybridized carbons (Fsp3) is 0. The van der Waals surface area contributed by atoms with E-state index in [2.05, 4.69) is 0 Å². The summed E-state index contributed by atoms with van der Waals surface area (Å²) >= 11 is 0. The Morgan fingerprint density at radius 2 is 0.676 bits per heavy atom. The van der Waals surface area contributed by atoms with Crippen molar-refractivity contribution < 1.29 is 71.6 Å². The molecule has 1 radical (unpaired) electrons. The van der Waals surface area contributed by atoms with Crippen LogP contribution < -0.4 is 10.2 Å². The molecule has 4 aromatic rings. The largest absolute Gasteiger partial charge is 3.00 e. The van der Waals surface area contributed by atoms with Crippen molar-refractivity contribution in [2.24, 2.45) is 0 Å². The molecule has 185 valence electrons. The van der Waals surface area contributed by atoms with Gasteiger partial charge in [0.1, 0.15) is 0 Å². The van der Waals surface area contributed by atoms with E-state index in [1.807, 2.05) is 24.3 Å². The van der Waals surface area contributed by atoms with Gasteiger partial charge in [0.15, 0.2) is 11.6 Å². The second-order valence-electron chi connectivity index (χ2n) is 7.21. The molecule has 0 aliphatic carbocycles. The van der Waals surface area contributed by atoms with E-state index in [-0.39, 0.29) is 74.9 Å². The zero-order valence-electron chi connectivity index (χ0n) is 19.8. The Morgan fingerprint density at radius 1 is 0.459 bits per heavy atom. The molecule has 7 heteroatoms. The first-order valence-electron chi connectivity index (χ1n) is 10.6. The van der Waals surface area contributed by atoms with Gasteiger partial charge in [0.2, 0.25) is 0 Å². The second kappa shape index (κ2) is 17.9. The molecule has 0 spiro atoms. The molecule has 0 bridgehead atoms. The van der Waals surface area contributed by atoms with E-state index in [9.17, 15) is 19.8 Å². The third kappa shape index (κ3) is 11.0. The van der Waals surface area contributed by atoms with Crippen LogP contribution in [0.4, 0.5) is 0 Å². The normalized spacial score (nSPS) is 10.3. The van der Waals surface area contributed by atoms with E-state index < -0.39 is 0 Å². The summed E-state index contributed by atoms with van der Waals surface area (Å²) in [5.41, 5.74) is 2.10. The zero-order valence-corrected chi connectivity index (χ0v) is 23.0. The molecule has 4 aromatic carbocycles. The molecular weight excluding hydrogens is 601 g/mol. The molecular formula is C30H25NdO6. The SMILES string of the molecule is O.O=C(/C=C(\[O-])c1ccccc1)c1ccccc1.O=C(/C=C(\[O-])c1ccccc1)c1ccccc1.[Nd+3].[OH-]. The summed E-state index contributed by atoms with van der Waals surface area (Å²) in [6.45, 7) is 0. The second-order valence-corrected chi connectivity index (χ2v) is 7.21. The summed E-state index contributed by atoms with van der Waals surface area (Å²) < 4.78 is 0. The number of carbonyl (C=O) groups is 2. The van der Waals surface area contributed by atoms with E-state index in [0.717, 1.165) is 12.2 Å². The van der Waals surface area contributed by atoms with Crippen LogP contribution in [0.5, 0.6) is 0 Å². The fourth-order valence-electron chi connectivity index (χ4n) is 2.98. The predicted octanol–water partition coefficient (Wildman–Crippen LogP) is 3.54. The topological polar surface area (TPSA) is 142 Å². The average molecular weight is 626 g/mol. The molecule has 3 N–H and O–H groups in total. The number of ketones is 2. The minimum Gasteiger partial charge on any atom is -0.872 e. The van der Waals surface area contributed by atoms with Crippen LogP contribution in [-0.4, -0.2) is 22.5 Å². The molecule has 0 heterocycles. The summed E-state index contributed by atoms with van der Waals surface area (Å²) in [6, 6.07) is 35.0. The molecule has 37 heavy (non-hydrogen) atoms. The van der Waals surface area contributed by atoms with Crippen LogP contribution in [0, 0.1) is 40.8 Å². The number of hydrogen-bond donors (Lipinski definition) is 0. The van der Waals surface area contributed by atoms with Crippen LogP contribution in [0.2, 0.25) is 0 Å². The predicted molar refractivity (Wildman–Crippen MR) is 136 cm³/mol. The molecule has 0 unspecified atom stereocenters. The maximum absolute atomic E-state index is 11.8. The third-order valence-corrected chi connectivity index (χ3v) is 4.76. The van der Waals surface area contributed by atoms with Gasteiger partial charge in [0.05, 0.1) is 0 Å². The number of carbonyl (C=O) groups excluding carboxylic acids is 2. The fourth-order valence-corrected chi connectivity index (χ4v) is 2.98. The summed E-state index contributed by atoms with van der Waals surface area (Å²) in [4.78, 5) is 23.5. The molecule has 0 aliphatic heterocycles. The number of allylic oxidation sites excluding steroid dienone is 2. The van der Waals surface area contributed by atoms with Crippen molar-refractivity contribution in [3.63, 3.8) is 0 Å².